The number of hydrogen-bond donors (Lipinski definition) is 1. The molecular weight excluding hydrogens is 317 g/mol. The number of nitrogens with one attached hydrogen (secondary N) is 1. The molecule has 22 heavy (non-hydrogen) atoms. The van der Waals surface area contributed by atoms with Crippen molar-refractivity contribution in [3.8, 4) is 0 Å². The summed E-state index contributed by atoms with van der Waals surface area (Å²) in [5, 5.41) is 2.72. The lowest BCUT2D eigenvalue weighted by Crippen LogP contribution is -2.46. The maximum Gasteiger partial charge on any atom is 0.416 e. The van der Waals surface area contributed by atoms with Crippen LogP contribution in [0.3, 0.4) is 0 Å². The lowest BCUT2D eigenvalue weighted by atomic mass is 9.99. The van der Waals surface area contributed by atoms with Crippen LogP contribution in [0.25, 0.3) is 0 Å². The Morgan fingerprint density at radius 2 is 1.91 bits per heavy atom. The zero-order valence-corrected chi connectivity index (χ0v) is 12.3. The molecule has 0 saturated carbocycles. The molecule has 4 nitrogen and oxygen atoms in total. The van der Waals surface area contributed by atoms with Gasteiger partial charge in [0.2, 0.25) is 0 Å². The number of nitrogens with zero attached hydrogens (tertiary/aromatic N) is 1. The predicted octanol–water partition coefficient (Wildman–Crippen LogP) is 2.63. The molecule has 3 amide bonds. The quantitative estimate of drug-likeness (QED) is 0.848. The molecule has 2 saturated heterocycles. The number of benzene rings is 1. The number of amides is 3. The number of halogens is 3. The van der Waals surface area contributed by atoms with Crippen molar-refractivity contribution in [3.05, 3.63) is 35.4 Å². The minimum atomic E-state index is -4.40. The SMILES string of the molecule is O=C1N[C@@]2(CCSC2)C(=O)N1Cc1ccc(C(F)(F)F)cc1. The molecule has 0 radical (unpaired) electrons. The number of imide groups is 1. The minimum absolute atomic E-state index is 0.0186. The fourth-order valence-electron chi connectivity index (χ4n) is 2.63. The fraction of sp³-hybridized carbons (Fsp3) is 0.429. The van der Waals surface area contributed by atoms with Crippen LogP contribution in [-0.2, 0) is 17.5 Å². The fourth-order valence-corrected chi connectivity index (χ4v) is 3.96. The predicted molar refractivity (Wildman–Crippen MR) is 75.2 cm³/mol. The summed E-state index contributed by atoms with van der Waals surface area (Å²) < 4.78 is 37.6. The van der Waals surface area contributed by atoms with Crippen LogP contribution >= 0.6 is 11.8 Å². The minimum Gasteiger partial charge on any atom is -0.322 e. The number of urea groups is 1. The van der Waals surface area contributed by atoms with E-state index >= 15 is 0 Å². The Balaban J connectivity index is 1.76. The third-order valence-electron chi connectivity index (χ3n) is 3.89. The van der Waals surface area contributed by atoms with Crippen molar-refractivity contribution in [2.75, 3.05) is 11.5 Å². The summed E-state index contributed by atoms with van der Waals surface area (Å²) in [6, 6.07) is 4.01. The molecule has 118 valence electrons. The number of carbonyl (C=O) groups is 2. The number of thioether (sulfide) groups is 1. The Bertz CT molecular complexity index is 610. The van der Waals surface area contributed by atoms with Crippen molar-refractivity contribution >= 4 is 23.7 Å². The van der Waals surface area contributed by atoms with Crippen LogP contribution in [0.15, 0.2) is 24.3 Å². The number of rotatable bonds is 2. The molecule has 0 aromatic heterocycles. The molecule has 2 fully saturated rings. The van der Waals surface area contributed by atoms with E-state index in [4.69, 9.17) is 0 Å². The molecule has 1 aromatic rings. The number of alkyl halides is 3. The zero-order valence-electron chi connectivity index (χ0n) is 11.4. The number of hydrogen-bond acceptors (Lipinski definition) is 3. The summed E-state index contributed by atoms with van der Waals surface area (Å²) in [7, 11) is 0. The van der Waals surface area contributed by atoms with Gasteiger partial charge in [-0.3, -0.25) is 9.69 Å². The van der Waals surface area contributed by atoms with Gasteiger partial charge in [-0.1, -0.05) is 12.1 Å². The van der Waals surface area contributed by atoms with E-state index in [1.165, 1.54) is 12.1 Å². The van der Waals surface area contributed by atoms with Crippen molar-refractivity contribution in [2.45, 2.75) is 24.7 Å². The normalized spacial score (nSPS) is 25.1. The van der Waals surface area contributed by atoms with E-state index < -0.39 is 23.3 Å². The molecule has 3 rings (SSSR count). The molecule has 2 aliphatic rings. The topological polar surface area (TPSA) is 49.4 Å². The largest absolute Gasteiger partial charge is 0.416 e. The van der Waals surface area contributed by atoms with Gasteiger partial charge in [0.05, 0.1) is 12.1 Å². The van der Waals surface area contributed by atoms with E-state index in [0.29, 0.717) is 17.7 Å². The Morgan fingerprint density at radius 3 is 2.45 bits per heavy atom. The van der Waals surface area contributed by atoms with Crippen LogP contribution in [0.1, 0.15) is 17.5 Å². The summed E-state index contributed by atoms with van der Waals surface area (Å²) in [6.07, 6.45) is -3.81. The van der Waals surface area contributed by atoms with Crippen molar-refractivity contribution in [3.63, 3.8) is 0 Å². The molecular formula is C14H13F3N2O2S. The highest BCUT2D eigenvalue weighted by molar-refractivity contribution is 7.99. The summed E-state index contributed by atoms with van der Waals surface area (Å²) in [5.41, 5.74) is -1.09. The van der Waals surface area contributed by atoms with E-state index in [-0.39, 0.29) is 12.5 Å². The van der Waals surface area contributed by atoms with E-state index in [0.717, 1.165) is 22.8 Å². The van der Waals surface area contributed by atoms with Crippen LogP contribution < -0.4 is 5.32 Å². The summed E-state index contributed by atoms with van der Waals surface area (Å²) in [4.78, 5) is 25.5. The molecule has 2 heterocycles. The van der Waals surface area contributed by atoms with Gasteiger partial charge in [-0.25, -0.2) is 4.79 Å². The molecule has 0 unspecified atom stereocenters. The summed E-state index contributed by atoms with van der Waals surface area (Å²) >= 11 is 1.60. The van der Waals surface area contributed by atoms with Crippen LogP contribution in [0.2, 0.25) is 0 Å². The van der Waals surface area contributed by atoms with E-state index in [9.17, 15) is 22.8 Å². The first-order chi connectivity index (χ1) is 10.3. The lowest BCUT2D eigenvalue weighted by molar-refractivity contribution is -0.137. The lowest BCUT2D eigenvalue weighted by Gasteiger charge is -2.19. The van der Waals surface area contributed by atoms with E-state index in [2.05, 4.69) is 5.32 Å². The average Bonchev–Trinajstić information content (AvgIpc) is 3.00. The molecule has 1 N–H and O–H groups in total. The first-order valence-electron chi connectivity index (χ1n) is 6.70. The van der Waals surface area contributed by atoms with Crippen LogP contribution in [0.5, 0.6) is 0 Å². The summed E-state index contributed by atoms with van der Waals surface area (Å²) in [5.74, 6) is 1.06. The van der Waals surface area contributed by atoms with Crippen LogP contribution in [0.4, 0.5) is 18.0 Å². The molecule has 8 heteroatoms. The van der Waals surface area contributed by atoms with Gasteiger partial charge in [0.25, 0.3) is 5.91 Å². The molecule has 1 atom stereocenters. The molecule has 0 bridgehead atoms. The highest BCUT2D eigenvalue weighted by atomic mass is 32.2. The van der Waals surface area contributed by atoms with Gasteiger partial charge >= 0.3 is 12.2 Å². The van der Waals surface area contributed by atoms with Crippen LogP contribution in [-0.4, -0.2) is 33.9 Å². The Kier molecular flexibility index (Phi) is 3.58. The molecule has 0 aliphatic carbocycles. The first-order valence-corrected chi connectivity index (χ1v) is 7.85. The smallest absolute Gasteiger partial charge is 0.322 e. The highest BCUT2D eigenvalue weighted by Crippen LogP contribution is 2.34. The molecule has 1 aromatic carbocycles. The van der Waals surface area contributed by atoms with E-state index in [1.807, 2.05) is 0 Å². The Hall–Kier alpha value is -1.70. The maximum atomic E-state index is 12.5. The second-order valence-corrected chi connectivity index (χ2v) is 6.51. The first kappa shape index (κ1) is 15.2. The third kappa shape index (κ3) is 2.55. The van der Waals surface area contributed by atoms with Gasteiger partial charge in [-0.2, -0.15) is 24.9 Å². The van der Waals surface area contributed by atoms with Crippen LogP contribution in [0, 0.1) is 0 Å². The Morgan fingerprint density at radius 1 is 1.23 bits per heavy atom. The van der Waals surface area contributed by atoms with E-state index in [1.54, 1.807) is 11.8 Å². The van der Waals surface area contributed by atoms with Crippen molar-refractivity contribution in [1.29, 1.82) is 0 Å². The average molecular weight is 330 g/mol. The van der Waals surface area contributed by atoms with Gasteiger partial charge in [0.15, 0.2) is 0 Å². The standard InChI is InChI=1S/C14H13F3N2O2S/c15-14(16,17)10-3-1-9(2-4-10)7-19-11(20)13(18-12(19)21)5-6-22-8-13/h1-4H,5-8H2,(H,18,21)/t13-/m1/s1. The van der Waals surface area contributed by atoms with Gasteiger partial charge in [-0.05, 0) is 29.9 Å². The second-order valence-electron chi connectivity index (χ2n) is 5.40. The van der Waals surface area contributed by atoms with Gasteiger partial charge < -0.3 is 5.32 Å². The zero-order chi connectivity index (χ0) is 16.0. The maximum absolute atomic E-state index is 12.5. The van der Waals surface area contributed by atoms with Crippen molar-refractivity contribution in [2.24, 2.45) is 0 Å². The van der Waals surface area contributed by atoms with Crippen molar-refractivity contribution in [1.82, 2.24) is 10.2 Å². The van der Waals surface area contributed by atoms with Gasteiger partial charge in [0, 0.05) is 5.75 Å². The second kappa shape index (κ2) is 5.19. The highest BCUT2D eigenvalue weighted by Gasteiger charge is 2.52. The van der Waals surface area contributed by atoms with Gasteiger partial charge in [0.1, 0.15) is 5.54 Å². The molecule has 1 spiro atoms. The summed E-state index contributed by atoms with van der Waals surface area (Å²) in [6.45, 7) is -0.0186. The van der Waals surface area contributed by atoms with Gasteiger partial charge in [-0.15, -0.1) is 0 Å². The van der Waals surface area contributed by atoms with Crippen molar-refractivity contribution < 1.29 is 22.8 Å². The Labute approximate surface area is 129 Å². The number of carbonyl (C=O) groups excluding carboxylic acids is 2. The third-order valence-corrected chi connectivity index (χ3v) is 5.08. The molecule has 2 aliphatic heterocycles. The monoisotopic (exact) mass is 330 g/mol.